The minimum atomic E-state index is -4.59. The number of aromatic carboxylic acids is 1. The number of fused-ring (bicyclic) bond motifs is 1. The normalized spacial score (nSPS) is 11.2. The number of rotatable bonds is 2. The average molecular weight is 317 g/mol. The summed E-state index contributed by atoms with van der Waals surface area (Å²) in [5.41, 5.74) is 0. The van der Waals surface area contributed by atoms with Gasteiger partial charge in [0, 0.05) is 15.1 Å². The molecule has 0 spiro atoms. The maximum atomic E-state index is 11.2. The summed E-state index contributed by atoms with van der Waals surface area (Å²) in [5.74, 6) is -1.41. The Morgan fingerprint density at radius 2 is 1.94 bits per heavy atom. The van der Waals surface area contributed by atoms with Gasteiger partial charge < -0.3 is 5.11 Å². The average Bonchev–Trinajstić information content (AvgIpc) is 2.55. The van der Waals surface area contributed by atoms with Gasteiger partial charge in [0.25, 0.3) is 10.1 Å². The number of carboxylic acids is 1. The van der Waals surface area contributed by atoms with Gasteiger partial charge in [0.15, 0.2) is 0 Å². The van der Waals surface area contributed by atoms with Gasteiger partial charge in [-0.2, -0.15) is 8.42 Å². The van der Waals surface area contributed by atoms with Crippen LogP contribution in [0.25, 0.3) is 10.1 Å². The van der Waals surface area contributed by atoms with Crippen LogP contribution in [0, 0.1) is 0 Å². The van der Waals surface area contributed by atoms with Crippen molar-refractivity contribution in [3.63, 3.8) is 0 Å². The molecule has 0 radical (unpaired) electrons. The molecule has 0 aliphatic rings. The Morgan fingerprint density at radius 1 is 1.33 bits per heavy atom. The minimum absolute atomic E-state index is 0. The molecule has 1 heterocycles. The molecule has 1 aromatic heterocycles. The van der Waals surface area contributed by atoms with E-state index in [9.17, 15) is 13.2 Å². The molecule has 0 fully saturated rings. The third kappa shape index (κ3) is 2.88. The summed E-state index contributed by atoms with van der Waals surface area (Å²) >= 11 is 6.47. The van der Waals surface area contributed by atoms with Gasteiger partial charge in [-0.25, -0.2) is 4.79 Å². The SMILES string of the molecule is O=C(O)c1sc2cc(Cl)ccc2c1S(=O)(=O)O.[NaH]. The fourth-order valence-electron chi connectivity index (χ4n) is 1.44. The number of benzene rings is 1. The number of carbonyl (C=O) groups is 1. The van der Waals surface area contributed by atoms with Crippen molar-refractivity contribution >= 4 is 78.7 Å². The molecule has 5 nitrogen and oxygen atoms in total. The predicted octanol–water partition coefficient (Wildman–Crippen LogP) is 1.85. The molecule has 18 heavy (non-hydrogen) atoms. The molecule has 0 aliphatic carbocycles. The number of hydrogen-bond donors (Lipinski definition) is 2. The van der Waals surface area contributed by atoms with E-state index in [1.54, 1.807) is 0 Å². The molecular formula is C9H6ClNaO5S2. The van der Waals surface area contributed by atoms with Crippen LogP contribution in [-0.4, -0.2) is 53.6 Å². The Hall–Kier alpha value is -0.150. The first-order valence-corrected chi connectivity index (χ1v) is 6.87. The van der Waals surface area contributed by atoms with Crippen LogP contribution in [0.3, 0.4) is 0 Å². The summed E-state index contributed by atoms with van der Waals surface area (Å²) in [6.45, 7) is 0. The summed E-state index contributed by atoms with van der Waals surface area (Å²) in [5, 5.41) is 9.41. The van der Waals surface area contributed by atoms with Gasteiger partial charge in [0.1, 0.15) is 9.77 Å². The molecule has 2 rings (SSSR count). The molecule has 2 aromatic rings. The molecule has 0 amide bonds. The van der Waals surface area contributed by atoms with E-state index in [2.05, 4.69) is 0 Å². The zero-order chi connectivity index (χ0) is 12.8. The standard InChI is InChI=1S/C9H5ClO5S2.Na.H/c10-4-1-2-5-6(3-4)16-7(9(11)12)8(5)17(13,14)15;;/h1-3H,(H,11,12)(H,13,14,15);;. The first kappa shape index (κ1) is 15.9. The summed E-state index contributed by atoms with van der Waals surface area (Å²) in [4.78, 5) is 9.92. The van der Waals surface area contributed by atoms with Crippen LogP contribution in [0.1, 0.15) is 9.67 Å². The van der Waals surface area contributed by atoms with Gasteiger partial charge in [-0.15, -0.1) is 11.3 Å². The molecule has 0 atom stereocenters. The number of thiophene rings is 1. The van der Waals surface area contributed by atoms with Gasteiger partial charge in [0.2, 0.25) is 0 Å². The second-order valence-corrected chi connectivity index (χ2v) is 6.03. The van der Waals surface area contributed by atoms with Gasteiger partial charge >= 0.3 is 35.5 Å². The summed E-state index contributed by atoms with van der Waals surface area (Å²) in [6, 6.07) is 4.24. The Balaban J connectivity index is 0.00000162. The molecule has 1 aromatic carbocycles. The van der Waals surface area contributed by atoms with Crippen LogP contribution in [0.2, 0.25) is 5.02 Å². The van der Waals surface area contributed by atoms with E-state index in [0.717, 1.165) is 11.3 Å². The zero-order valence-corrected chi connectivity index (χ0v) is 10.4. The molecule has 92 valence electrons. The van der Waals surface area contributed by atoms with Crippen LogP contribution < -0.4 is 0 Å². The molecule has 0 unspecified atom stereocenters. The second kappa shape index (κ2) is 5.46. The number of carboxylic acid groups (broad SMARTS) is 1. The number of halogens is 1. The zero-order valence-electron chi connectivity index (χ0n) is 8.05. The van der Waals surface area contributed by atoms with Crippen LogP contribution in [0.15, 0.2) is 23.1 Å². The Labute approximate surface area is 133 Å². The molecular weight excluding hydrogens is 311 g/mol. The van der Waals surface area contributed by atoms with E-state index in [1.165, 1.54) is 18.2 Å². The van der Waals surface area contributed by atoms with Crippen molar-refractivity contribution < 1.29 is 22.9 Å². The fraction of sp³-hybridized carbons (Fsp3) is 0. The molecule has 2 N–H and O–H groups in total. The van der Waals surface area contributed by atoms with Crippen LogP contribution in [0.5, 0.6) is 0 Å². The van der Waals surface area contributed by atoms with E-state index >= 15 is 0 Å². The second-order valence-electron chi connectivity index (χ2n) is 3.18. The van der Waals surface area contributed by atoms with E-state index in [1.807, 2.05) is 0 Å². The maximum absolute atomic E-state index is 11.2. The molecule has 0 bridgehead atoms. The predicted molar refractivity (Wildman–Crippen MR) is 70.8 cm³/mol. The topological polar surface area (TPSA) is 91.7 Å². The van der Waals surface area contributed by atoms with E-state index in [-0.39, 0.29) is 34.9 Å². The monoisotopic (exact) mass is 316 g/mol. The molecule has 0 saturated carbocycles. The van der Waals surface area contributed by atoms with Crippen molar-refractivity contribution in [1.82, 2.24) is 0 Å². The van der Waals surface area contributed by atoms with E-state index < -0.39 is 25.9 Å². The third-order valence-corrected chi connectivity index (χ3v) is 4.50. The van der Waals surface area contributed by atoms with Crippen LogP contribution >= 0.6 is 22.9 Å². The molecule has 0 saturated heterocycles. The van der Waals surface area contributed by atoms with Crippen molar-refractivity contribution in [3.05, 3.63) is 28.1 Å². The van der Waals surface area contributed by atoms with Crippen molar-refractivity contribution in [2.45, 2.75) is 4.90 Å². The summed E-state index contributed by atoms with van der Waals surface area (Å²) in [7, 11) is -4.59. The Kier molecular flexibility index (Phi) is 4.82. The number of hydrogen-bond acceptors (Lipinski definition) is 4. The molecule has 9 heteroatoms. The Morgan fingerprint density at radius 3 is 2.44 bits per heavy atom. The van der Waals surface area contributed by atoms with Crippen molar-refractivity contribution in [1.29, 1.82) is 0 Å². The first-order valence-electron chi connectivity index (χ1n) is 4.23. The quantitative estimate of drug-likeness (QED) is 0.651. The van der Waals surface area contributed by atoms with Crippen molar-refractivity contribution in [3.8, 4) is 0 Å². The molecule has 0 aliphatic heterocycles. The first-order chi connectivity index (χ1) is 7.80. The Bertz CT molecular complexity index is 722. The van der Waals surface area contributed by atoms with Crippen molar-refractivity contribution in [2.75, 3.05) is 0 Å². The van der Waals surface area contributed by atoms with E-state index in [0.29, 0.717) is 9.72 Å². The van der Waals surface area contributed by atoms with Gasteiger partial charge in [0.05, 0.1) is 0 Å². The van der Waals surface area contributed by atoms with Crippen molar-refractivity contribution in [2.24, 2.45) is 0 Å². The van der Waals surface area contributed by atoms with Gasteiger partial charge in [-0.1, -0.05) is 17.7 Å². The summed E-state index contributed by atoms with van der Waals surface area (Å²) < 4.78 is 31.8. The fourth-order valence-corrected chi connectivity index (χ4v) is 3.94. The van der Waals surface area contributed by atoms with Gasteiger partial charge in [-0.05, 0) is 12.1 Å². The van der Waals surface area contributed by atoms with Crippen LogP contribution in [0.4, 0.5) is 0 Å². The van der Waals surface area contributed by atoms with Crippen LogP contribution in [-0.2, 0) is 10.1 Å². The van der Waals surface area contributed by atoms with Gasteiger partial charge in [-0.3, -0.25) is 4.55 Å². The van der Waals surface area contributed by atoms with E-state index in [4.69, 9.17) is 21.3 Å². The third-order valence-electron chi connectivity index (χ3n) is 2.06. The summed E-state index contributed by atoms with van der Waals surface area (Å²) in [6.07, 6.45) is 0.